The summed E-state index contributed by atoms with van der Waals surface area (Å²) in [5.41, 5.74) is 2.36. The van der Waals surface area contributed by atoms with Crippen LogP contribution in [0.25, 0.3) is 11.1 Å². The summed E-state index contributed by atoms with van der Waals surface area (Å²) >= 11 is 0. The third kappa shape index (κ3) is 5.08. The van der Waals surface area contributed by atoms with Crippen molar-refractivity contribution in [1.29, 1.82) is 0 Å². The lowest BCUT2D eigenvalue weighted by molar-refractivity contribution is -0.909. The van der Waals surface area contributed by atoms with Crippen LogP contribution in [0, 0.1) is 0 Å². The lowest BCUT2D eigenvalue weighted by Crippen LogP contribution is -2.49. The molecule has 2 aromatic carbocycles. The summed E-state index contributed by atoms with van der Waals surface area (Å²) in [6.45, 7) is 7.38. The quantitative estimate of drug-likeness (QED) is 0.755. The van der Waals surface area contributed by atoms with E-state index in [9.17, 15) is 5.11 Å². The van der Waals surface area contributed by atoms with Crippen LogP contribution >= 0.6 is 0 Å². The fourth-order valence-electron chi connectivity index (χ4n) is 2.61. The van der Waals surface area contributed by atoms with Gasteiger partial charge in [-0.25, -0.2) is 0 Å². The Morgan fingerprint density at radius 2 is 1.48 bits per heavy atom. The van der Waals surface area contributed by atoms with Gasteiger partial charge in [0.1, 0.15) is 25.0 Å². The number of hydrogen-bond donors (Lipinski definition) is 1. The number of likely N-dealkylation sites (N-methyl/N-ethyl adjacent to an activating group) is 1. The summed E-state index contributed by atoms with van der Waals surface area (Å²) in [5, 5.41) is 10.2. The van der Waals surface area contributed by atoms with E-state index in [1.165, 1.54) is 11.1 Å². The number of quaternary nitrogens is 1. The van der Waals surface area contributed by atoms with Gasteiger partial charge in [0.05, 0.1) is 20.1 Å². The zero-order valence-corrected chi connectivity index (χ0v) is 14.4. The zero-order chi connectivity index (χ0) is 16.7. The van der Waals surface area contributed by atoms with Crippen LogP contribution in [0.15, 0.2) is 54.6 Å². The van der Waals surface area contributed by atoms with E-state index in [2.05, 4.69) is 45.2 Å². The van der Waals surface area contributed by atoms with Gasteiger partial charge in [-0.2, -0.15) is 0 Å². The molecule has 0 amide bonds. The van der Waals surface area contributed by atoms with E-state index in [1.54, 1.807) is 0 Å². The lowest BCUT2D eigenvalue weighted by Gasteiger charge is -2.33. The van der Waals surface area contributed by atoms with Gasteiger partial charge in [-0.05, 0) is 37.1 Å². The first-order valence-corrected chi connectivity index (χ1v) is 8.36. The van der Waals surface area contributed by atoms with E-state index in [0.717, 1.165) is 29.9 Å². The van der Waals surface area contributed by atoms with Crippen molar-refractivity contribution < 1.29 is 14.3 Å². The topological polar surface area (TPSA) is 29.5 Å². The molecule has 0 bridgehead atoms. The molecule has 0 saturated carbocycles. The zero-order valence-electron chi connectivity index (χ0n) is 14.4. The largest absolute Gasteiger partial charge is 0.491 e. The van der Waals surface area contributed by atoms with Crippen LogP contribution in [0.3, 0.4) is 0 Å². The third-order valence-corrected chi connectivity index (χ3v) is 4.58. The normalized spacial score (nSPS) is 12.9. The maximum absolute atomic E-state index is 10.2. The summed E-state index contributed by atoms with van der Waals surface area (Å²) in [6.07, 6.45) is -0.450. The predicted octanol–water partition coefficient (Wildman–Crippen LogP) is 3.58. The lowest BCUT2D eigenvalue weighted by atomic mass is 10.1. The van der Waals surface area contributed by atoms with E-state index in [1.807, 2.05) is 30.3 Å². The Hall–Kier alpha value is -1.84. The SMILES string of the molecule is CC[N+](C)(CC)C[C@H](O)COc1ccc(-c2ccccc2)cc1. The first-order valence-electron chi connectivity index (χ1n) is 8.36. The number of aliphatic hydroxyl groups is 1. The van der Waals surface area contributed by atoms with Crippen molar-refractivity contribution in [2.24, 2.45) is 0 Å². The molecule has 1 N–H and O–H groups in total. The molecule has 2 aromatic rings. The van der Waals surface area contributed by atoms with Gasteiger partial charge in [0.2, 0.25) is 0 Å². The van der Waals surface area contributed by atoms with E-state index in [0.29, 0.717) is 6.61 Å². The van der Waals surface area contributed by atoms with Crippen molar-refractivity contribution in [2.45, 2.75) is 20.0 Å². The molecule has 0 aromatic heterocycles. The highest BCUT2D eigenvalue weighted by Crippen LogP contribution is 2.22. The van der Waals surface area contributed by atoms with Crippen LogP contribution in [0.1, 0.15) is 13.8 Å². The molecule has 124 valence electrons. The van der Waals surface area contributed by atoms with Gasteiger partial charge in [0.15, 0.2) is 0 Å². The van der Waals surface area contributed by atoms with E-state index in [4.69, 9.17) is 4.74 Å². The number of benzene rings is 2. The number of rotatable bonds is 8. The van der Waals surface area contributed by atoms with E-state index >= 15 is 0 Å². The standard InChI is InChI=1S/C20H28NO2/c1-4-21(3,5-2)15-19(22)16-23-20-13-11-18(12-14-20)17-9-7-6-8-10-17/h6-14,19,22H,4-5,15-16H2,1-3H3/q+1/t19-/m0/s1. The monoisotopic (exact) mass is 314 g/mol. The van der Waals surface area contributed by atoms with Gasteiger partial charge in [-0.3, -0.25) is 0 Å². The Morgan fingerprint density at radius 1 is 0.913 bits per heavy atom. The van der Waals surface area contributed by atoms with Gasteiger partial charge in [-0.1, -0.05) is 42.5 Å². The minimum absolute atomic E-state index is 0.332. The van der Waals surface area contributed by atoms with Crippen LogP contribution in [0.2, 0.25) is 0 Å². The second-order valence-electron chi connectivity index (χ2n) is 6.29. The smallest absolute Gasteiger partial charge is 0.137 e. The first-order chi connectivity index (χ1) is 11.1. The van der Waals surface area contributed by atoms with Crippen LogP contribution in [0.4, 0.5) is 0 Å². The summed E-state index contributed by atoms with van der Waals surface area (Å²) in [6, 6.07) is 18.3. The summed E-state index contributed by atoms with van der Waals surface area (Å²) in [5.74, 6) is 0.797. The Balaban J connectivity index is 1.89. The Kier molecular flexibility index (Phi) is 6.20. The van der Waals surface area contributed by atoms with Crippen molar-refractivity contribution in [3.8, 4) is 16.9 Å². The van der Waals surface area contributed by atoms with Crippen LogP contribution in [-0.4, -0.2) is 49.0 Å². The molecule has 1 atom stereocenters. The summed E-state index contributed by atoms with van der Waals surface area (Å²) in [7, 11) is 2.16. The maximum Gasteiger partial charge on any atom is 0.137 e. The van der Waals surface area contributed by atoms with Gasteiger partial charge in [0, 0.05) is 0 Å². The van der Waals surface area contributed by atoms with E-state index in [-0.39, 0.29) is 0 Å². The van der Waals surface area contributed by atoms with Gasteiger partial charge in [0.25, 0.3) is 0 Å². The number of hydrogen-bond acceptors (Lipinski definition) is 2. The molecule has 0 spiro atoms. The van der Waals surface area contributed by atoms with Crippen LogP contribution in [-0.2, 0) is 0 Å². The summed E-state index contributed by atoms with van der Waals surface area (Å²) in [4.78, 5) is 0. The molecular weight excluding hydrogens is 286 g/mol. The number of ether oxygens (including phenoxy) is 1. The second kappa shape index (κ2) is 8.14. The highest BCUT2D eigenvalue weighted by Gasteiger charge is 2.21. The van der Waals surface area contributed by atoms with Gasteiger partial charge in [-0.15, -0.1) is 0 Å². The second-order valence-corrected chi connectivity index (χ2v) is 6.29. The highest BCUT2D eigenvalue weighted by molar-refractivity contribution is 5.63. The molecule has 0 fully saturated rings. The molecule has 0 saturated heterocycles. The van der Waals surface area contributed by atoms with Crippen LogP contribution < -0.4 is 4.74 Å². The molecule has 2 rings (SSSR count). The molecule has 3 heteroatoms. The average Bonchev–Trinajstić information content (AvgIpc) is 2.61. The molecule has 0 unspecified atom stereocenters. The third-order valence-electron chi connectivity index (χ3n) is 4.58. The van der Waals surface area contributed by atoms with Crippen molar-refractivity contribution in [1.82, 2.24) is 0 Å². The fourth-order valence-corrected chi connectivity index (χ4v) is 2.61. The molecule has 0 aliphatic rings. The van der Waals surface area contributed by atoms with Gasteiger partial charge >= 0.3 is 0 Å². The molecule has 0 aliphatic carbocycles. The maximum atomic E-state index is 10.2. The van der Waals surface area contributed by atoms with Crippen molar-refractivity contribution in [2.75, 3.05) is 33.3 Å². The van der Waals surface area contributed by atoms with Crippen molar-refractivity contribution >= 4 is 0 Å². The van der Waals surface area contributed by atoms with E-state index < -0.39 is 6.10 Å². The number of nitrogens with zero attached hydrogens (tertiary/aromatic N) is 1. The fraction of sp³-hybridized carbons (Fsp3) is 0.400. The predicted molar refractivity (Wildman–Crippen MR) is 95.5 cm³/mol. The average molecular weight is 314 g/mol. The Bertz CT molecular complexity index is 576. The van der Waals surface area contributed by atoms with Crippen molar-refractivity contribution in [3.05, 3.63) is 54.6 Å². The molecule has 23 heavy (non-hydrogen) atoms. The van der Waals surface area contributed by atoms with Crippen molar-refractivity contribution in [3.63, 3.8) is 0 Å². The molecule has 0 heterocycles. The van der Waals surface area contributed by atoms with Crippen LogP contribution in [0.5, 0.6) is 5.75 Å². The first kappa shape index (κ1) is 17.5. The summed E-state index contributed by atoms with van der Waals surface area (Å²) < 4.78 is 6.59. The minimum atomic E-state index is -0.450. The Labute approximate surface area is 139 Å². The molecular formula is C20H28NO2+. The minimum Gasteiger partial charge on any atom is -0.491 e. The number of aliphatic hydroxyl groups excluding tert-OH is 1. The molecule has 0 radical (unpaired) electrons. The highest BCUT2D eigenvalue weighted by atomic mass is 16.5. The van der Waals surface area contributed by atoms with Gasteiger partial charge < -0.3 is 14.3 Å². The molecule has 3 nitrogen and oxygen atoms in total. The molecule has 0 aliphatic heterocycles. The Morgan fingerprint density at radius 3 is 2.04 bits per heavy atom.